The smallest absolute Gasteiger partial charge is 0.338 e. The van der Waals surface area contributed by atoms with E-state index in [0.717, 1.165) is 11.1 Å². The molecule has 0 aliphatic heterocycles. The Bertz CT molecular complexity index is 358. The second kappa shape index (κ2) is 4.56. The molecule has 74 valence electrons. The van der Waals surface area contributed by atoms with Crippen LogP contribution in [-0.4, -0.2) is 17.6 Å². The lowest BCUT2D eigenvalue weighted by atomic mass is 10.1. The predicted octanol–water partition coefficient (Wildman–Crippen LogP) is 1.97. The fourth-order valence-corrected chi connectivity index (χ4v) is 1.11. The summed E-state index contributed by atoms with van der Waals surface area (Å²) < 4.78 is 4.85. The average Bonchev–Trinajstić information content (AvgIpc) is 2.18. The molecular weight excluding hydrogens is 178 g/mol. The standard InChI is InChI=1S/C11H13NO2/c1-4-14-11(13)9(3)10-7-12-6-5-8(10)2/h5-7H,3-4H2,1-2H3. The van der Waals surface area contributed by atoms with Crippen molar-refractivity contribution < 1.29 is 9.53 Å². The SMILES string of the molecule is C=C(C(=O)OCC)c1cnccc1C. The fraction of sp³-hybridized carbons (Fsp3) is 0.273. The highest BCUT2D eigenvalue weighted by Crippen LogP contribution is 2.16. The van der Waals surface area contributed by atoms with E-state index >= 15 is 0 Å². The molecule has 1 heterocycles. The Morgan fingerprint density at radius 2 is 2.36 bits per heavy atom. The molecule has 0 fully saturated rings. The molecule has 14 heavy (non-hydrogen) atoms. The van der Waals surface area contributed by atoms with Crippen LogP contribution in [0.4, 0.5) is 0 Å². The van der Waals surface area contributed by atoms with Crippen molar-refractivity contribution in [2.24, 2.45) is 0 Å². The van der Waals surface area contributed by atoms with Crippen molar-refractivity contribution in [1.29, 1.82) is 0 Å². The summed E-state index contributed by atoms with van der Waals surface area (Å²) in [6, 6.07) is 1.83. The van der Waals surface area contributed by atoms with Crippen LogP contribution in [0.15, 0.2) is 25.0 Å². The highest BCUT2D eigenvalue weighted by Gasteiger charge is 2.11. The van der Waals surface area contributed by atoms with Crippen molar-refractivity contribution in [2.45, 2.75) is 13.8 Å². The van der Waals surface area contributed by atoms with Gasteiger partial charge in [-0.15, -0.1) is 0 Å². The van der Waals surface area contributed by atoms with Crippen molar-refractivity contribution in [3.8, 4) is 0 Å². The van der Waals surface area contributed by atoms with Crippen LogP contribution in [-0.2, 0) is 9.53 Å². The molecule has 0 aromatic carbocycles. The second-order valence-electron chi connectivity index (χ2n) is 2.89. The Morgan fingerprint density at radius 1 is 1.64 bits per heavy atom. The molecule has 3 nitrogen and oxygen atoms in total. The third kappa shape index (κ3) is 2.19. The van der Waals surface area contributed by atoms with Gasteiger partial charge in [-0.2, -0.15) is 0 Å². The van der Waals surface area contributed by atoms with Crippen LogP contribution in [0, 0.1) is 6.92 Å². The summed E-state index contributed by atoms with van der Waals surface area (Å²) in [5.74, 6) is -0.386. The number of carbonyl (C=O) groups is 1. The van der Waals surface area contributed by atoms with E-state index in [1.165, 1.54) is 0 Å². The zero-order chi connectivity index (χ0) is 10.6. The van der Waals surface area contributed by atoms with E-state index in [1.54, 1.807) is 19.3 Å². The van der Waals surface area contributed by atoms with Crippen LogP contribution >= 0.6 is 0 Å². The molecule has 1 rings (SSSR count). The molecule has 1 aromatic rings. The van der Waals surface area contributed by atoms with Crippen molar-refractivity contribution in [1.82, 2.24) is 4.98 Å². The van der Waals surface area contributed by atoms with E-state index in [0.29, 0.717) is 12.2 Å². The zero-order valence-electron chi connectivity index (χ0n) is 8.41. The van der Waals surface area contributed by atoms with E-state index in [-0.39, 0.29) is 5.97 Å². The molecule has 0 bridgehead atoms. The van der Waals surface area contributed by atoms with Gasteiger partial charge in [-0.05, 0) is 25.5 Å². The van der Waals surface area contributed by atoms with Gasteiger partial charge < -0.3 is 4.74 Å². The van der Waals surface area contributed by atoms with Crippen molar-refractivity contribution in [3.63, 3.8) is 0 Å². The lowest BCUT2D eigenvalue weighted by Gasteiger charge is -2.06. The Labute approximate surface area is 83.4 Å². The molecule has 0 amide bonds. The summed E-state index contributed by atoms with van der Waals surface area (Å²) in [5.41, 5.74) is 2.07. The van der Waals surface area contributed by atoms with Gasteiger partial charge in [0.25, 0.3) is 0 Å². The molecule has 1 aromatic heterocycles. The first-order valence-corrected chi connectivity index (χ1v) is 4.43. The van der Waals surface area contributed by atoms with Gasteiger partial charge in [-0.3, -0.25) is 4.98 Å². The maximum atomic E-state index is 11.3. The average molecular weight is 191 g/mol. The van der Waals surface area contributed by atoms with E-state index in [9.17, 15) is 4.79 Å². The number of hydrogen-bond acceptors (Lipinski definition) is 3. The number of carbonyl (C=O) groups excluding carboxylic acids is 1. The summed E-state index contributed by atoms with van der Waals surface area (Å²) in [6.45, 7) is 7.72. The first-order valence-electron chi connectivity index (χ1n) is 4.43. The quantitative estimate of drug-likeness (QED) is 0.541. The number of esters is 1. The number of nitrogens with zero attached hydrogens (tertiary/aromatic N) is 1. The number of ether oxygens (including phenoxy) is 1. The topological polar surface area (TPSA) is 39.2 Å². The summed E-state index contributed by atoms with van der Waals surface area (Å²) in [4.78, 5) is 15.3. The van der Waals surface area contributed by atoms with Gasteiger partial charge in [0.05, 0.1) is 12.2 Å². The molecule has 0 unspecified atom stereocenters. The maximum Gasteiger partial charge on any atom is 0.338 e. The first-order chi connectivity index (χ1) is 6.66. The van der Waals surface area contributed by atoms with Crippen LogP contribution < -0.4 is 0 Å². The van der Waals surface area contributed by atoms with Gasteiger partial charge in [-0.1, -0.05) is 6.58 Å². The Balaban J connectivity index is 2.90. The summed E-state index contributed by atoms with van der Waals surface area (Å²) >= 11 is 0. The number of aryl methyl sites for hydroxylation is 1. The molecule has 0 radical (unpaired) electrons. The highest BCUT2D eigenvalue weighted by atomic mass is 16.5. The normalized spacial score (nSPS) is 9.57. The molecule has 0 aliphatic rings. The first kappa shape index (κ1) is 10.4. The predicted molar refractivity (Wildman–Crippen MR) is 54.6 cm³/mol. The molecule has 0 spiro atoms. The van der Waals surface area contributed by atoms with E-state index < -0.39 is 0 Å². The van der Waals surface area contributed by atoms with Gasteiger partial charge in [0, 0.05) is 18.0 Å². The number of hydrogen-bond donors (Lipinski definition) is 0. The highest BCUT2D eigenvalue weighted by molar-refractivity contribution is 6.15. The number of pyridine rings is 1. The third-order valence-corrected chi connectivity index (χ3v) is 1.89. The Morgan fingerprint density at radius 3 is 2.93 bits per heavy atom. The number of rotatable bonds is 3. The zero-order valence-corrected chi connectivity index (χ0v) is 8.41. The van der Waals surface area contributed by atoms with Crippen LogP contribution in [0.5, 0.6) is 0 Å². The monoisotopic (exact) mass is 191 g/mol. The van der Waals surface area contributed by atoms with Gasteiger partial charge >= 0.3 is 5.97 Å². The molecule has 0 atom stereocenters. The summed E-state index contributed by atoms with van der Waals surface area (Å²) in [5, 5.41) is 0. The Hall–Kier alpha value is -1.64. The van der Waals surface area contributed by atoms with Crippen molar-refractivity contribution >= 4 is 11.5 Å². The van der Waals surface area contributed by atoms with Crippen molar-refractivity contribution in [3.05, 3.63) is 36.2 Å². The van der Waals surface area contributed by atoms with E-state index in [4.69, 9.17) is 4.74 Å². The minimum atomic E-state index is -0.386. The fourth-order valence-electron chi connectivity index (χ4n) is 1.11. The molecule has 3 heteroatoms. The van der Waals surface area contributed by atoms with Crippen molar-refractivity contribution in [2.75, 3.05) is 6.61 Å². The van der Waals surface area contributed by atoms with E-state index in [1.807, 2.05) is 13.0 Å². The van der Waals surface area contributed by atoms with Gasteiger partial charge in [0.15, 0.2) is 0 Å². The summed E-state index contributed by atoms with van der Waals surface area (Å²) in [7, 11) is 0. The third-order valence-electron chi connectivity index (χ3n) is 1.89. The van der Waals surface area contributed by atoms with Crippen LogP contribution in [0.1, 0.15) is 18.1 Å². The molecule has 0 aliphatic carbocycles. The Kier molecular flexibility index (Phi) is 3.40. The summed E-state index contributed by atoms with van der Waals surface area (Å²) in [6.07, 6.45) is 3.30. The largest absolute Gasteiger partial charge is 0.462 e. The number of aromatic nitrogens is 1. The minimum Gasteiger partial charge on any atom is -0.462 e. The van der Waals surface area contributed by atoms with Gasteiger partial charge in [0.2, 0.25) is 0 Å². The lowest BCUT2D eigenvalue weighted by Crippen LogP contribution is -2.07. The van der Waals surface area contributed by atoms with Gasteiger partial charge in [-0.25, -0.2) is 4.79 Å². The van der Waals surface area contributed by atoms with Gasteiger partial charge in [0.1, 0.15) is 0 Å². The maximum absolute atomic E-state index is 11.3. The minimum absolute atomic E-state index is 0.358. The van der Waals surface area contributed by atoms with Crippen LogP contribution in [0.3, 0.4) is 0 Å². The van der Waals surface area contributed by atoms with Crippen LogP contribution in [0.2, 0.25) is 0 Å². The molecular formula is C11H13NO2. The molecule has 0 saturated heterocycles. The van der Waals surface area contributed by atoms with E-state index in [2.05, 4.69) is 11.6 Å². The molecule has 0 saturated carbocycles. The second-order valence-corrected chi connectivity index (χ2v) is 2.89. The lowest BCUT2D eigenvalue weighted by molar-refractivity contribution is -0.136. The van der Waals surface area contributed by atoms with Crippen LogP contribution in [0.25, 0.3) is 5.57 Å². The molecule has 0 N–H and O–H groups in total.